The zero-order chi connectivity index (χ0) is 33.9. The van der Waals surface area contributed by atoms with Crippen LogP contribution in [-0.4, -0.2) is 8.32 Å². The van der Waals surface area contributed by atoms with Gasteiger partial charge in [-0.2, -0.15) is 0 Å². The minimum atomic E-state index is -2.98. The predicted octanol–water partition coefficient (Wildman–Crippen LogP) is 9.14. The van der Waals surface area contributed by atoms with Gasteiger partial charge in [-0.3, -0.25) is 0 Å². The summed E-state index contributed by atoms with van der Waals surface area (Å²) in [6.45, 7) is 6.88. The normalized spacial score (nSPS) is 12.5. The van der Waals surface area contributed by atoms with Crippen LogP contribution in [0, 0.1) is 5.82 Å². The quantitative estimate of drug-likeness (QED) is 0.110. The van der Waals surface area contributed by atoms with Crippen molar-refractivity contribution in [1.82, 2.24) is 0 Å². The second-order valence-corrected chi connectivity index (χ2v) is 22.0. The molecule has 0 spiro atoms. The molecule has 0 saturated heterocycles. The number of hydrogen-bond donors (Lipinski definition) is 0. The third kappa shape index (κ3) is 6.14. The molecular formula is C45H42FOPSi. The molecule has 0 radical (unpaired) electrons. The number of halogens is 1. The Kier molecular flexibility index (Phi) is 9.07. The monoisotopic (exact) mass is 676 g/mol. The van der Waals surface area contributed by atoms with Gasteiger partial charge in [0.25, 0.3) is 0 Å². The average molecular weight is 677 g/mol. The van der Waals surface area contributed by atoms with Crippen LogP contribution in [0.2, 0.25) is 5.04 Å². The van der Waals surface area contributed by atoms with Gasteiger partial charge in [0.2, 0.25) is 0 Å². The molecule has 0 N–H and O–H groups in total. The van der Waals surface area contributed by atoms with Crippen molar-refractivity contribution in [3.05, 3.63) is 193 Å². The van der Waals surface area contributed by atoms with E-state index in [2.05, 4.69) is 185 Å². The SMILES string of the molecule is CC(C)(C)[Si](Oc1cc(C[PH](c2ccccc2)(c2ccccc2)c2ccccc2)cc2cc(F)ccc12)(c1ccccc1)c1ccccc1. The second kappa shape index (κ2) is 13.6. The molecule has 1 nitrogen and oxygen atoms in total. The van der Waals surface area contributed by atoms with E-state index in [9.17, 15) is 0 Å². The van der Waals surface area contributed by atoms with Crippen molar-refractivity contribution in [2.75, 3.05) is 0 Å². The third-order valence-electron chi connectivity index (χ3n) is 9.89. The zero-order valence-corrected chi connectivity index (χ0v) is 30.3. The molecular weight excluding hydrogens is 635 g/mol. The molecule has 0 fully saturated rings. The van der Waals surface area contributed by atoms with Gasteiger partial charge in [-0.1, -0.05) is 0 Å². The summed E-state index contributed by atoms with van der Waals surface area (Å²) in [5, 5.41) is 7.96. The van der Waals surface area contributed by atoms with Crippen molar-refractivity contribution in [2.45, 2.75) is 32.0 Å². The standard InChI is InChI=1S/C45H42FOPSi/c1-45(2,3)49(41-25-15-7-16-26-41,42-27-17-8-18-28-42)47-44-32-35(31-36-33-37(46)29-30-43(36)44)34-48(38-19-9-4-10-20-38,39-21-11-5-12-22-39)40-23-13-6-14-24-40/h4-33,48H,34H2,1-3H3. The van der Waals surface area contributed by atoms with E-state index in [4.69, 9.17) is 4.43 Å². The van der Waals surface area contributed by atoms with Gasteiger partial charge in [0.05, 0.1) is 0 Å². The molecule has 0 bridgehead atoms. The number of hydrogen-bond acceptors (Lipinski definition) is 1. The number of fused-ring (bicyclic) bond motifs is 1. The van der Waals surface area contributed by atoms with Crippen LogP contribution in [0.5, 0.6) is 5.75 Å². The van der Waals surface area contributed by atoms with Crippen LogP contribution in [0.3, 0.4) is 0 Å². The Hall–Kier alpha value is -4.82. The van der Waals surface area contributed by atoms with E-state index in [1.165, 1.54) is 26.3 Å². The van der Waals surface area contributed by atoms with Gasteiger partial charge in [-0.15, -0.1) is 0 Å². The van der Waals surface area contributed by atoms with Crippen LogP contribution in [0.25, 0.3) is 10.8 Å². The van der Waals surface area contributed by atoms with Gasteiger partial charge in [0.1, 0.15) is 0 Å². The first kappa shape index (κ1) is 32.7. The van der Waals surface area contributed by atoms with Gasteiger partial charge in [0.15, 0.2) is 0 Å². The van der Waals surface area contributed by atoms with E-state index in [1.54, 1.807) is 12.1 Å². The van der Waals surface area contributed by atoms with E-state index in [-0.39, 0.29) is 10.9 Å². The topological polar surface area (TPSA) is 9.23 Å². The Morgan fingerprint density at radius 2 is 0.959 bits per heavy atom. The van der Waals surface area contributed by atoms with Gasteiger partial charge in [-0.05, 0) is 0 Å². The fourth-order valence-corrected chi connectivity index (χ4v) is 16.8. The van der Waals surface area contributed by atoms with Crippen molar-refractivity contribution in [3.8, 4) is 5.75 Å². The summed E-state index contributed by atoms with van der Waals surface area (Å²) in [5.74, 6) is 0.553. The summed E-state index contributed by atoms with van der Waals surface area (Å²) in [6, 6.07) is 63.9. The van der Waals surface area contributed by atoms with Gasteiger partial charge >= 0.3 is 293 Å². The first-order valence-corrected chi connectivity index (χ1v) is 21.1. The van der Waals surface area contributed by atoms with Crippen molar-refractivity contribution in [3.63, 3.8) is 0 Å². The molecule has 0 saturated carbocycles. The summed E-state index contributed by atoms with van der Waals surface area (Å²) in [4.78, 5) is 0. The fourth-order valence-electron chi connectivity index (χ4n) is 7.65. The van der Waals surface area contributed by atoms with Crippen LogP contribution in [0.4, 0.5) is 4.39 Å². The van der Waals surface area contributed by atoms with Crippen molar-refractivity contribution >= 4 is 52.6 Å². The molecule has 0 unspecified atom stereocenters. The van der Waals surface area contributed by atoms with Gasteiger partial charge in [0, 0.05) is 0 Å². The van der Waals surface area contributed by atoms with Crippen LogP contribution < -0.4 is 30.7 Å². The Labute approximate surface area is 291 Å². The molecule has 7 rings (SSSR count). The Bertz CT molecular complexity index is 2010. The first-order chi connectivity index (χ1) is 23.8. The van der Waals surface area contributed by atoms with Gasteiger partial charge < -0.3 is 0 Å². The van der Waals surface area contributed by atoms with Crippen molar-refractivity contribution < 1.29 is 8.82 Å². The van der Waals surface area contributed by atoms with E-state index in [1.807, 2.05) is 6.07 Å². The summed E-state index contributed by atoms with van der Waals surface area (Å²) in [5.41, 5.74) is 1.13. The molecule has 244 valence electrons. The third-order valence-corrected chi connectivity index (χ3v) is 19.7. The van der Waals surface area contributed by atoms with Crippen molar-refractivity contribution in [1.29, 1.82) is 0 Å². The van der Waals surface area contributed by atoms with E-state index >= 15 is 4.39 Å². The number of benzene rings is 7. The number of rotatable bonds is 9. The zero-order valence-electron chi connectivity index (χ0n) is 28.3. The van der Waals surface area contributed by atoms with Crippen LogP contribution in [0.15, 0.2) is 182 Å². The maximum atomic E-state index is 15.1. The Morgan fingerprint density at radius 1 is 0.531 bits per heavy atom. The fraction of sp³-hybridized carbons (Fsp3) is 0.111. The molecule has 7 aromatic rings. The van der Waals surface area contributed by atoms with E-state index in [0.29, 0.717) is 0 Å². The molecule has 0 amide bonds. The average Bonchev–Trinajstić information content (AvgIpc) is 3.14. The molecule has 0 aliphatic carbocycles. The Morgan fingerprint density at radius 3 is 1.39 bits per heavy atom. The Balaban J connectivity index is 1.50. The minimum absolute atomic E-state index is 0.227. The van der Waals surface area contributed by atoms with E-state index < -0.39 is 15.6 Å². The molecule has 49 heavy (non-hydrogen) atoms. The summed E-state index contributed by atoms with van der Waals surface area (Å²) in [6.07, 6.45) is 0.786. The molecule has 0 aliphatic heterocycles. The van der Waals surface area contributed by atoms with Crippen molar-refractivity contribution in [2.24, 2.45) is 0 Å². The summed E-state index contributed by atoms with van der Waals surface area (Å²) < 4.78 is 22.8. The van der Waals surface area contributed by atoms with Crippen LogP contribution >= 0.6 is 7.26 Å². The molecule has 0 atom stereocenters. The summed E-state index contributed by atoms with van der Waals surface area (Å²) in [7, 11) is -5.63. The van der Waals surface area contributed by atoms with Crippen LogP contribution in [0.1, 0.15) is 26.3 Å². The second-order valence-electron chi connectivity index (χ2n) is 13.9. The summed E-state index contributed by atoms with van der Waals surface area (Å²) >= 11 is 0. The van der Waals surface area contributed by atoms with Gasteiger partial charge in [-0.25, -0.2) is 0 Å². The molecule has 0 heterocycles. The molecule has 4 heteroatoms. The molecule has 0 aromatic heterocycles. The first-order valence-electron chi connectivity index (χ1n) is 17.0. The maximum absolute atomic E-state index is 15.1. The van der Waals surface area contributed by atoms with Crippen LogP contribution in [-0.2, 0) is 6.16 Å². The van der Waals surface area contributed by atoms with E-state index in [0.717, 1.165) is 28.2 Å². The molecule has 0 aliphatic rings. The molecule has 7 aromatic carbocycles. The predicted molar refractivity (Wildman–Crippen MR) is 212 cm³/mol.